The van der Waals surface area contributed by atoms with E-state index in [2.05, 4.69) is 16.0 Å². The number of carboxylic acids is 1. The summed E-state index contributed by atoms with van der Waals surface area (Å²) in [5.41, 5.74) is 4.29. The third-order valence-electron chi connectivity index (χ3n) is 5.17. The maximum absolute atomic E-state index is 12.9. The Labute approximate surface area is 225 Å². The zero-order valence-electron chi connectivity index (χ0n) is 19.3. The summed E-state index contributed by atoms with van der Waals surface area (Å²) < 4.78 is 38.6. The SMILES string of the molecule is Cc1ccc(-c2nc3ccccc3nc2-c2[c-]cc(C(F)(F)F)cc2)cc1.O=C(O)c1ccccn1.[Pt]. The second kappa shape index (κ2) is 11.9. The molecule has 0 atom stereocenters. The number of alkyl halides is 3. The van der Waals surface area contributed by atoms with Crippen LogP contribution in [0.25, 0.3) is 33.5 Å². The molecule has 0 aliphatic carbocycles. The maximum atomic E-state index is 12.9. The molecule has 0 spiro atoms. The minimum absolute atomic E-state index is 0. The van der Waals surface area contributed by atoms with Crippen LogP contribution < -0.4 is 0 Å². The smallest absolute Gasteiger partial charge is 0.381 e. The van der Waals surface area contributed by atoms with Gasteiger partial charge in [0, 0.05) is 33.0 Å². The van der Waals surface area contributed by atoms with E-state index in [-0.39, 0.29) is 26.8 Å². The van der Waals surface area contributed by atoms with Gasteiger partial charge in [-0.15, -0.1) is 29.8 Å². The van der Waals surface area contributed by atoms with E-state index in [1.807, 2.05) is 55.5 Å². The molecular formula is C28H19F3N3O2Pt-. The number of halogens is 3. The minimum Gasteiger partial charge on any atom is -0.477 e. The Balaban J connectivity index is 0.000000324. The molecule has 0 fully saturated rings. The zero-order chi connectivity index (χ0) is 25.7. The molecule has 5 rings (SSSR count). The molecule has 0 bridgehead atoms. The van der Waals surface area contributed by atoms with Gasteiger partial charge in [0.15, 0.2) is 0 Å². The van der Waals surface area contributed by atoms with Gasteiger partial charge in [0.2, 0.25) is 0 Å². The largest absolute Gasteiger partial charge is 0.477 e. The Hall–Kier alpha value is -3.90. The Kier molecular flexibility index (Phi) is 8.89. The molecule has 190 valence electrons. The van der Waals surface area contributed by atoms with E-state index in [1.165, 1.54) is 18.3 Å². The van der Waals surface area contributed by atoms with Gasteiger partial charge in [-0.05, 0) is 42.3 Å². The molecule has 0 amide bonds. The molecular weight excluding hydrogens is 662 g/mol. The first kappa shape index (κ1) is 27.7. The molecule has 0 saturated carbocycles. The van der Waals surface area contributed by atoms with Crippen LogP contribution >= 0.6 is 0 Å². The molecule has 37 heavy (non-hydrogen) atoms. The van der Waals surface area contributed by atoms with Gasteiger partial charge in [-0.3, -0.25) is 9.97 Å². The first-order valence-electron chi connectivity index (χ1n) is 10.8. The average molecular weight is 682 g/mol. The molecule has 2 aromatic heterocycles. The van der Waals surface area contributed by atoms with Crippen molar-refractivity contribution >= 4 is 17.0 Å². The van der Waals surface area contributed by atoms with E-state index < -0.39 is 17.7 Å². The molecule has 0 unspecified atom stereocenters. The van der Waals surface area contributed by atoms with Crippen molar-refractivity contribution in [3.05, 3.63) is 114 Å². The van der Waals surface area contributed by atoms with Crippen LogP contribution in [0.15, 0.2) is 91.1 Å². The van der Waals surface area contributed by atoms with E-state index in [4.69, 9.17) is 10.1 Å². The van der Waals surface area contributed by atoms with Crippen LogP contribution in [0, 0.1) is 13.0 Å². The van der Waals surface area contributed by atoms with Gasteiger partial charge >= 0.3 is 12.1 Å². The fourth-order valence-electron chi connectivity index (χ4n) is 3.34. The number of aryl methyl sites for hydroxylation is 1. The fourth-order valence-corrected chi connectivity index (χ4v) is 3.34. The summed E-state index contributed by atoms with van der Waals surface area (Å²) in [6.07, 6.45) is -2.95. The zero-order valence-corrected chi connectivity index (χ0v) is 21.6. The minimum atomic E-state index is -4.40. The quantitative estimate of drug-likeness (QED) is 0.211. The van der Waals surface area contributed by atoms with Gasteiger partial charge in [-0.25, -0.2) is 9.78 Å². The van der Waals surface area contributed by atoms with Gasteiger partial charge in [0.25, 0.3) is 0 Å². The number of hydrogen-bond acceptors (Lipinski definition) is 4. The number of rotatable bonds is 3. The number of fused-ring (bicyclic) bond motifs is 1. The van der Waals surface area contributed by atoms with E-state index in [1.54, 1.807) is 12.1 Å². The van der Waals surface area contributed by atoms with Crippen LogP contribution in [0.1, 0.15) is 21.6 Å². The van der Waals surface area contributed by atoms with Gasteiger partial charge in [0.1, 0.15) is 5.69 Å². The summed E-state index contributed by atoms with van der Waals surface area (Å²) in [7, 11) is 0. The Morgan fingerprint density at radius 2 is 1.46 bits per heavy atom. The number of aromatic carboxylic acids is 1. The van der Waals surface area contributed by atoms with Crippen molar-refractivity contribution in [2.75, 3.05) is 0 Å². The number of para-hydroxylation sites is 2. The van der Waals surface area contributed by atoms with Crippen LogP contribution in [0.3, 0.4) is 0 Å². The van der Waals surface area contributed by atoms with Crippen molar-refractivity contribution in [2.45, 2.75) is 13.1 Å². The number of carbonyl (C=O) groups is 1. The topological polar surface area (TPSA) is 76.0 Å². The molecule has 1 N–H and O–H groups in total. The number of pyridine rings is 1. The Morgan fingerprint density at radius 3 is 1.95 bits per heavy atom. The summed E-state index contributed by atoms with van der Waals surface area (Å²) >= 11 is 0. The second-order valence-corrected chi connectivity index (χ2v) is 7.78. The van der Waals surface area contributed by atoms with Crippen molar-refractivity contribution in [3.8, 4) is 22.5 Å². The van der Waals surface area contributed by atoms with Crippen LogP contribution in [-0.2, 0) is 27.2 Å². The van der Waals surface area contributed by atoms with Crippen LogP contribution in [0.2, 0.25) is 0 Å². The van der Waals surface area contributed by atoms with Crippen LogP contribution in [-0.4, -0.2) is 26.0 Å². The summed E-state index contributed by atoms with van der Waals surface area (Å²) in [6.45, 7) is 1.99. The van der Waals surface area contributed by atoms with Gasteiger partial charge < -0.3 is 5.11 Å². The van der Waals surface area contributed by atoms with E-state index in [0.717, 1.165) is 28.8 Å². The van der Waals surface area contributed by atoms with E-state index in [9.17, 15) is 18.0 Å². The standard InChI is InChI=1S/C22H14F3N2.C6H5NO2.Pt/c1-14-6-8-15(9-7-14)20-21(27-19-5-3-2-4-18(19)26-20)16-10-12-17(13-11-16)22(23,24)25;8-6(9)5-3-1-2-4-7-5;/h2-10,12-13H,1H3;1-4H,(H,8,9);/q-1;;. The first-order chi connectivity index (χ1) is 17.2. The third kappa shape index (κ3) is 6.86. The predicted octanol–water partition coefficient (Wildman–Crippen LogP) is 6.87. The van der Waals surface area contributed by atoms with E-state index in [0.29, 0.717) is 22.5 Å². The van der Waals surface area contributed by atoms with E-state index >= 15 is 0 Å². The van der Waals surface area contributed by atoms with Crippen molar-refractivity contribution in [1.82, 2.24) is 15.0 Å². The number of hydrogen-bond donors (Lipinski definition) is 1. The van der Waals surface area contributed by atoms with Crippen LogP contribution in [0.4, 0.5) is 13.2 Å². The summed E-state index contributed by atoms with van der Waals surface area (Å²) in [4.78, 5) is 23.1. The van der Waals surface area contributed by atoms with Crippen LogP contribution in [0.5, 0.6) is 0 Å². The Morgan fingerprint density at radius 1 is 0.838 bits per heavy atom. The summed E-state index contributed by atoms with van der Waals surface area (Å²) in [5, 5.41) is 8.32. The molecule has 5 aromatic rings. The molecule has 2 heterocycles. The third-order valence-corrected chi connectivity index (χ3v) is 5.17. The molecule has 3 aromatic carbocycles. The number of carboxylic acid groups (broad SMARTS) is 1. The fraction of sp³-hybridized carbons (Fsp3) is 0.0714. The average Bonchev–Trinajstić information content (AvgIpc) is 2.89. The van der Waals surface area contributed by atoms with Crippen molar-refractivity contribution in [1.29, 1.82) is 0 Å². The Bertz CT molecular complexity index is 1490. The summed E-state index contributed by atoms with van der Waals surface area (Å²) in [6, 6.07) is 26.1. The van der Waals surface area contributed by atoms with Gasteiger partial charge in [0.05, 0.1) is 16.7 Å². The molecule has 0 radical (unpaired) electrons. The predicted molar refractivity (Wildman–Crippen MR) is 130 cm³/mol. The molecule has 0 aliphatic heterocycles. The van der Waals surface area contributed by atoms with Crippen molar-refractivity contribution < 1.29 is 44.1 Å². The van der Waals surface area contributed by atoms with Crippen molar-refractivity contribution in [3.63, 3.8) is 0 Å². The number of nitrogens with zero attached hydrogens (tertiary/aromatic N) is 3. The van der Waals surface area contributed by atoms with Crippen molar-refractivity contribution in [2.24, 2.45) is 0 Å². The maximum Gasteiger partial charge on any atom is 0.381 e. The molecule has 0 saturated heterocycles. The summed E-state index contributed by atoms with van der Waals surface area (Å²) in [5.74, 6) is -0.990. The molecule has 0 aliphatic rings. The molecule has 5 nitrogen and oxygen atoms in total. The van der Waals surface area contributed by atoms with Gasteiger partial charge in [-0.1, -0.05) is 48.0 Å². The first-order valence-corrected chi connectivity index (χ1v) is 10.8. The molecule has 9 heteroatoms. The second-order valence-electron chi connectivity index (χ2n) is 7.78. The monoisotopic (exact) mass is 681 g/mol. The normalized spacial score (nSPS) is 10.7. The number of benzene rings is 3. The van der Waals surface area contributed by atoms with Gasteiger partial charge in [-0.2, -0.15) is 13.2 Å². The number of aromatic nitrogens is 3.